The number of thiophene rings is 1. The van der Waals surface area contributed by atoms with E-state index in [1.165, 1.54) is 18.3 Å². The van der Waals surface area contributed by atoms with Crippen LogP contribution in [0.4, 0.5) is 5.00 Å². The fourth-order valence-corrected chi connectivity index (χ4v) is 4.68. The minimum Gasteiger partial charge on any atom is -0.484 e. The van der Waals surface area contributed by atoms with Gasteiger partial charge in [0.15, 0.2) is 6.61 Å². The summed E-state index contributed by atoms with van der Waals surface area (Å²) in [6.45, 7) is 2.46. The quantitative estimate of drug-likeness (QED) is 0.718. The Hall–Kier alpha value is -3.37. The van der Waals surface area contributed by atoms with Crippen LogP contribution in [-0.4, -0.2) is 29.9 Å². The number of ether oxygens (including phenoxy) is 1. The first-order valence-electron chi connectivity index (χ1n) is 9.27. The molecule has 0 radical (unpaired) electrons. The number of nitrogens with zero attached hydrogens (tertiary/aromatic N) is 2. The fraction of sp³-hybridized carbons (Fsp3) is 0.227. The number of rotatable bonds is 4. The highest BCUT2D eigenvalue weighted by Gasteiger charge is 2.26. The van der Waals surface area contributed by atoms with Gasteiger partial charge in [-0.25, -0.2) is 0 Å². The highest BCUT2D eigenvalue weighted by Crippen LogP contribution is 2.36. The second-order valence-corrected chi connectivity index (χ2v) is 7.96. The van der Waals surface area contributed by atoms with Crippen molar-refractivity contribution in [3.63, 3.8) is 0 Å². The Kier molecular flexibility index (Phi) is 5.19. The van der Waals surface area contributed by atoms with Crippen molar-refractivity contribution in [2.75, 3.05) is 18.5 Å². The average Bonchev–Trinajstić information content (AvgIpc) is 3.08. The maximum absolute atomic E-state index is 12.4. The smallest absolute Gasteiger partial charge is 0.262 e. The van der Waals surface area contributed by atoms with Gasteiger partial charge in [0.1, 0.15) is 16.8 Å². The van der Waals surface area contributed by atoms with Gasteiger partial charge in [0.25, 0.3) is 5.91 Å². The molecule has 0 aliphatic carbocycles. The molecule has 0 unspecified atom stereocenters. The van der Waals surface area contributed by atoms with Gasteiger partial charge in [0.2, 0.25) is 5.91 Å². The molecule has 0 bridgehead atoms. The lowest BCUT2D eigenvalue weighted by Crippen LogP contribution is -2.33. The van der Waals surface area contributed by atoms with Crippen LogP contribution >= 0.6 is 11.3 Å². The molecule has 2 amide bonds. The minimum atomic E-state index is -0.323. The van der Waals surface area contributed by atoms with E-state index in [0.29, 0.717) is 35.8 Å². The third kappa shape index (κ3) is 3.93. The molecule has 29 heavy (non-hydrogen) atoms. The van der Waals surface area contributed by atoms with Gasteiger partial charge in [-0.3, -0.25) is 9.59 Å². The van der Waals surface area contributed by atoms with Crippen LogP contribution in [0.2, 0.25) is 0 Å². The summed E-state index contributed by atoms with van der Waals surface area (Å²) in [6, 6.07) is 15.8. The van der Waals surface area contributed by atoms with Gasteiger partial charge in [-0.15, -0.1) is 11.3 Å². The average molecular weight is 405 g/mol. The molecule has 0 spiro atoms. The molecular weight excluding hydrogens is 386 g/mol. The van der Waals surface area contributed by atoms with Crippen LogP contribution in [0.1, 0.15) is 22.9 Å². The predicted molar refractivity (Wildman–Crippen MR) is 112 cm³/mol. The number of carbonyl (C=O) groups excluding carboxylic acids is 2. The summed E-state index contributed by atoms with van der Waals surface area (Å²) in [6.07, 6.45) is 0.623. The molecule has 7 heteroatoms. The third-order valence-electron chi connectivity index (χ3n) is 4.96. The van der Waals surface area contributed by atoms with Gasteiger partial charge in [0, 0.05) is 18.3 Å². The summed E-state index contributed by atoms with van der Waals surface area (Å²) >= 11 is 1.36. The molecule has 1 N–H and O–H groups in total. The van der Waals surface area contributed by atoms with Crippen molar-refractivity contribution in [3.05, 3.63) is 58.5 Å². The second-order valence-electron chi connectivity index (χ2n) is 6.86. The second kappa shape index (κ2) is 7.94. The van der Waals surface area contributed by atoms with E-state index in [9.17, 15) is 14.9 Å². The first-order valence-corrected chi connectivity index (χ1v) is 10.1. The van der Waals surface area contributed by atoms with E-state index in [2.05, 4.69) is 11.4 Å². The molecule has 2 heterocycles. The summed E-state index contributed by atoms with van der Waals surface area (Å²) in [7, 11) is 0. The first kappa shape index (κ1) is 19.0. The summed E-state index contributed by atoms with van der Waals surface area (Å²) in [5.74, 6) is 0.301. The third-order valence-corrected chi connectivity index (χ3v) is 6.09. The molecule has 146 valence electrons. The van der Waals surface area contributed by atoms with Gasteiger partial charge in [0.05, 0.1) is 12.1 Å². The minimum absolute atomic E-state index is 0.0110. The van der Waals surface area contributed by atoms with E-state index in [1.54, 1.807) is 4.90 Å². The molecule has 6 nitrogen and oxygen atoms in total. The Bertz CT molecular complexity index is 1150. The van der Waals surface area contributed by atoms with E-state index in [1.807, 2.05) is 42.5 Å². The fourth-order valence-electron chi connectivity index (χ4n) is 3.45. The van der Waals surface area contributed by atoms with Crippen molar-refractivity contribution < 1.29 is 14.3 Å². The molecule has 4 rings (SSSR count). The number of hydrogen-bond donors (Lipinski definition) is 1. The number of amides is 2. The van der Waals surface area contributed by atoms with Crippen LogP contribution in [0, 0.1) is 11.3 Å². The Morgan fingerprint density at radius 3 is 2.79 bits per heavy atom. The SMILES string of the molecule is CC(=O)N1CCc2c(sc(NC(=O)COc3ccc4ccccc4c3)c2C#N)C1. The van der Waals surface area contributed by atoms with E-state index >= 15 is 0 Å². The zero-order chi connectivity index (χ0) is 20.4. The monoisotopic (exact) mass is 405 g/mol. The topological polar surface area (TPSA) is 82.4 Å². The van der Waals surface area contributed by atoms with Crippen LogP contribution in [0.25, 0.3) is 10.8 Å². The first-order chi connectivity index (χ1) is 14.0. The van der Waals surface area contributed by atoms with E-state index in [4.69, 9.17) is 4.74 Å². The van der Waals surface area contributed by atoms with Gasteiger partial charge in [-0.2, -0.15) is 5.26 Å². The molecular formula is C22H19N3O3S. The van der Waals surface area contributed by atoms with Gasteiger partial charge in [-0.1, -0.05) is 30.3 Å². The number of fused-ring (bicyclic) bond motifs is 2. The molecule has 0 atom stereocenters. The van der Waals surface area contributed by atoms with Crippen molar-refractivity contribution in [1.82, 2.24) is 4.90 Å². The maximum atomic E-state index is 12.4. The van der Waals surface area contributed by atoms with E-state index in [0.717, 1.165) is 21.2 Å². The number of nitriles is 1. The van der Waals surface area contributed by atoms with Crippen molar-refractivity contribution in [2.24, 2.45) is 0 Å². The molecule has 3 aromatic rings. The summed E-state index contributed by atoms with van der Waals surface area (Å²) in [5.41, 5.74) is 1.42. The Balaban J connectivity index is 1.44. The lowest BCUT2D eigenvalue weighted by atomic mass is 10.0. The zero-order valence-electron chi connectivity index (χ0n) is 15.9. The van der Waals surface area contributed by atoms with Crippen LogP contribution in [0.3, 0.4) is 0 Å². The summed E-state index contributed by atoms with van der Waals surface area (Å²) in [4.78, 5) is 26.7. The molecule has 0 saturated heterocycles. The number of anilines is 1. The van der Waals surface area contributed by atoms with Crippen LogP contribution in [0.15, 0.2) is 42.5 Å². The highest BCUT2D eigenvalue weighted by molar-refractivity contribution is 7.16. The number of nitrogens with one attached hydrogen (secondary N) is 1. The van der Waals surface area contributed by atoms with E-state index in [-0.39, 0.29) is 18.4 Å². The Morgan fingerprint density at radius 2 is 2.03 bits per heavy atom. The lowest BCUT2D eigenvalue weighted by Gasteiger charge is -2.25. The summed E-state index contributed by atoms with van der Waals surface area (Å²) < 4.78 is 5.63. The Labute approximate surface area is 172 Å². The normalized spacial score (nSPS) is 12.9. The molecule has 1 aliphatic heterocycles. The summed E-state index contributed by atoms with van der Waals surface area (Å²) in [5, 5.41) is 15.0. The van der Waals surface area contributed by atoms with Crippen molar-refractivity contribution in [2.45, 2.75) is 19.9 Å². The predicted octanol–water partition coefficient (Wildman–Crippen LogP) is 3.70. The molecule has 0 saturated carbocycles. The standard InChI is InChI=1S/C22H19N3O3S/c1-14(26)25-9-8-18-19(11-23)22(29-20(18)12-25)24-21(27)13-28-17-7-6-15-4-2-3-5-16(15)10-17/h2-7,10H,8-9,12-13H2,1H3,(H,24,27). The molecule has 1 aromatic heterocycles. The van der Waals surface area contributed by atoms with Gasteiger partial charge < -0.3 is 15.0 Å². The van der Waals surface area contributed by atoms with Gasteiger partial charge in [-0.05, 0) is 34.9 Å². The lowest BCUT2D eigenvalue weighted by molar-refractivity contribution is -0.129. The van der Waals surface area contributed by atoms with E-state index < -0.39 is 0 Å². The number of carbonyl (C=O) groups is 2. The van der Waals surface area contributed by atoms with Crippen molar-refractivity contribution in [1.29, 1.82) is 5.26 Å². The Morgan fingerprint density at radius 1 is 1.24 bits per heavy atom. The van der Waals surface area contributed by atoms with Crippen LogP contribution in [-0.2, 0) is 22.6 Å². The number of benzene rings is 2. The van der Waals surface area contributed by atoms with Crippen molar-refractivity contribution in [3.8, 4) is 11.8 Å². The maximum Gasteiger partial charge on any atom is 0.262 e. The molecule has 2 aromatic carbocycles. The number of hydrogen-bond acceptors (Lipinski definition) is 5. The zero-order valence-corrected chi connectivity index (χ0v) is 16.7. The molecule has 1 aliphatic rings. The van der Waals surface area contributed by atoms with Crippen molar-refractivity contribution >= 4 is 38.9 Å². The van der Waals surface area contributed by atoms with Crippen LogP contribution < -0.4 is 10.1 Å². The molecule has 0 fully saturated rings. The largest absolute Gasteiger partial charge is 0.484 e. The highest BCUT2D eigenvalue weighted by atomic mass is 32.1. The van der Waals surface area contributed by atoms with Gasteiger partial charge >= 0.3 is 0 Å². The van der Waals surface area contributed by atoms with Crippen LogP contribution in [0.5, 0.6) is 5.75 Å².